The van der Waals surface area contributed by atoms with Crippen molar-refractivity contribution < 1.29 is 22.0 Å². The van der Waals surface area contributed by atoms with Gasteiger partial charge in [0.05, 0.1) is 5.69 Å². The number of nitrogens with one attached hydrogen (secondary N) is 2. The van der Waals surface area contributed by atoms with E-state index in [9.17, 15) is 22.0 Å². The van der Waals surface area contributed by atoms with Gasteiger partial charge in [-0.15, -0.1) is 0 Å². The molecule has 0 radical (unpaired) electrons. The number of benzene rings is 2. The van der Waals surface area contributed by atoms with Crippen molar-refractivity contribution in [2.45, 2.75) is 37.8 Å². The summed E-state index contributed by atoms with van der Waals surface area (Å²) in [7, 11) is -4.25. The summed E-state index contributed by atoms with van der Waals surface area (Å²) in [6, 6.07) is 7.45. The summed E-state index contributed by atoms with van der Waals surface area (Å²) in [5.74, 6) is -3.01. The second kappa shape index (κ2) is 7.71. The first-order valence-corrected chi connectivity index (χ1v) is 9.54. The number of anilines is 1. The van der Waals surface area contributed by atoms with Crippen LogP contribution >= 0.6 is 0 Å². The Hall–Kier alpha value is -2.36. The molecule has 27 heavy (non-hydrogen) atoms. The summed E-state index contributed by atoms with van der Waals surface area (Å²) in [5, 5.41) is 2.26. The number of hydrogen-bond acceptors (Lipinski definition) is 4. The zero-order chi connectivity index (χ0) is 20.4. The minimum absolute atomic E-state index is 0.216. The predicted octanol–water partition coefficient (Wildman–Crippen LogP) is 2.75. The van der Waals surface area contributed by atoms with Gasteiger partial charge in [-0.05, 0) is 44.5 Å². The number of rotatable bonds is 5. The Morgan fingerprint density at radius 3 is 2.19 bits per heavy atom. The van der Waals surface area contributed by atoms with E-state index >= 15 is 0 Å². The highest BCUT2D eigenvalue weighted by molar-refractivity contribution is 7.89. The van der Waals surface area contributed by atoms with E-state index in [0.717, 1.165) is 11.6 Å². The Labute approximate surface area is 156 Å². The van der Waals surface area contributed by atoms with Gasteiger partial charge in [-0.1, -0.05) is 12.1 Å². The monoisotopic (exact) mass is 397 g/mol. The van der Waals surface area contributed by atoms with Crippen LogP contribution in [0.4, 0.5) is 14.5 Å². The molecule has 0 heterocycles. The summed E-state index contributed by atoms with van der Waals surface area (Å²) in [4.78, 5) is 11.5. The quantitative estimate of drug-likeness (QED) is 0.722. The van der Waals surface area contributed by atoms with Crippen molar-refractivity contribution in [1.82, 2.24) is 4.72 Å². The summed E-state index contributed by atoms with van der Waals surface area (Å²) in [5.41, 5.74) is 5.20. The molecule has 0 spiro atoms. The average Bonchev–Trinajstić information content (AvgIpc) is 2.54. The normalized spacial score (nSPS) is 12.1. The third-order valence-corrected chi connectivity index (χ3v) is 5.22. The number of sulfonamides is 1. The Morgan fingerprint density at radius 2 is 1.67 bits per heavy atom. The Bertz CT molecular complexity index is 953. The fourth-order valence-electron chi connectivity index (χ4n) is 2.28. The first-order valence-electron chi connectivity index (χ1n) is 8.06. The van der Waals surface area contributed by atoms with Gasteiger partial charge in [0.2, 0.25) is 10.0 Å². The number of carbonyl (C=O) groups is 1. The van der Waals surface area contributed by atoms with Crippen LogP contribution in [0.15, 0.2) is 41.3 Å². The maximum absolute atomic E-state index is 14.1. The summed E-state index contributed by atoms with van der Waals surface area (Å²) in [6.07, 6.45) is 0. The van der Waals surface area contributed by atoms with Crippen molar-refractivity contribution in [1.29, 1.82) is 0 Å². The predicted molar refractivity (Wildman–Crippen MR) is 98.7 cm³/mol. The van der Waals surface area contributed by atoms with Gasteiger partial charge in [0.25, 0.3) is 5.91 Å². The Kier molecular flexibility index (Phi) is 5.98. The number of hydrogen-bond donors (Lipinski definition) is 3. The summed E-state index contributed by atoms with van der Waals surface area (Å²) < 4.78 is 55.1. The largest absolute Gasteiger partial charge is 0.326 e. The van der Waals surface area contributed by atoms with Gasteiger partial charge in [-0.25, -0.2) is 21.9 Å². The molecule has 0 unspecified atom stereocenters. The van der Waals surface area contributed by atoms with Crippen LogP contribution < -0.4 is 15.8 Å². The second-order valence-corrected chi connectivity index (χ2v) is 8.62. The van der Waals surface area contributed by atoms with Crippen LogP contribution in [-0.4, -0.2) is 19.9 Å². The van der Waals surface area contributed by atoms with Crippen molar-refractivity contribution in [3.63, 3.8) is 0 Å². The van der Waals surface area contributed by atoms with Crippen LogP contribution in [-0.2, 0) is 16.6 Å². The SMILES string of the molecule is CC(C)(C)NS(=O)(=O)c1cc(NC(=O)c2ccc(CN)cc2)c(F)cc1F. The van der Waals surface area contributed by atoms with Crippen LogP contribution in [0.25, 0.3) is 0 Å². The maximum Gasteiger partial charge on any atom is 0.255 e. The first kappa shape index (κ1) is 20.9. The molecule has 0 aromatic heterocycles. The molecular formula is C18H21F2N3O3S. The zero-order valence-electron chi connectivity index (χ0n) is 15.1. The fraction of sp³-hybridized carbons (Fsp3) is 0.278. The van der Waals surface area contributed by atoms with Gasteiger partial charge in [-0.3, -0.25) is 4.79 Å². The highest BCUT2D eigenvalue weighted by atomic mass is 32.2. The molecule has 2 aromatic rings. The topological polar surface area (TPSA) is 101 Å². The molecule has 0 aliphatic rings. The lowest BCUT2D eigenvalue weighted by molar-refractivity contribution is 0.102. The minimum Gasteiger partial charge on any atom is -0.326 e. The molecule has 2 aromatic carbocycles. The number of nitrogens with two attached hydrogens (primary N) is 1. The zero-order valence-corrected chi connectivity index (χ0v) is 16.0. The molecule has 1 amide bonds. The Morgan fingerprint density at radius 1 is 1.07 bits per heavy atom. The molecule has 2 rings (SSSR count). The second-order valence-electron chi connectivity index (χ2n) is 6.97. The van der Waals surface area contributed by atoms with Gasteiger partial charge < -0.3 is 11.1 Å². The third-order valence-electron chi connectivity index (χ3n) is 3.45. The molecule has 0 saturated heterocycles. The summed E-state index contributed by atoms with van der Waals surface area (Å²) in [6.45, 7) is 5.05. The van der Waals surface area contributed by atoms with Crippen molar-refractivity contribution in [2.24, 2.45) is 5.73 Å². The van der Waals surface area contributed by atoms with Crippen LogP contribution in [0.2, 0.25) is 0 Å². The number of carbonyl (C=O) groups excluding carboxylic acids is 1. The molecule has 0 atom stereocenters. The molecule has 0 aliphatic heterocycles. The van der Waals surface area contributed by atoms with E-state index in [4.69, 9.17) is 5.73 Å². The van der Waals surface area contributed by atoms with Gasteiger partial charge in [0, 0.05) is 23.7 Å². The van der Waals surface area contributed by atoms with Crippen LogP contribution in [0.3, 0.4) is 0 Å². The minimum atomic E-state index is -4.25. The molecule has 9 heteroatoms. The number of amides is 1. The van der Waals surface area contributed by atoms with E-state index in [1.54, 1.807) is 32.9 Å². The van der Waals surface area contributed by atoms with Crippen LogP contribution in [0.1, 0.15) is 36.7 Å². The van der Waals surface area contributed by atoms with E-state index in [1.807, 2.05) is 0 Å². The lowest BCUT2D eigenvalue weighted by atomic mass is 10.1. The molecular weight excluding hydrogens is 376 g/mol. The maximum atomic E-state index is 14.1. The van der Waals surface area contributed by atoms with E-state index < -0.39 is 43.7 Å². The van der Waals surface area contributed by atoms with Gasteiger partial charge in [-0.2, -0.15) is 0 Å². The van der Waals surface area contributed by atoms with Crippen molar-refractivity contribution in [3.8, 4) is 0 Å². The fourth-order valence-corrected chi connectivity index (χ4v) is 3.78. The highest BCUT2D eigenvalue weighted by Gasteiger charge is 2.27. The molecule has 4 N–H and O–H groups in total. The third kappa shape index (κ3) is 5.31. The lowest BCUT2D eigenvalue weighted by Crippen LogP contribution is -2.40. The highest BCUT2D eigenvalue weighted by Crippen LogP contribution is 2.25. The van der Waals surface area contributed by atoms with Crippen molar-refractivity contribution in [3.05, 3.63) is 59.2 Å². The standard InChI is InChI=1S/C18H21F2N3O3S/c1-18(2,3)23-27(25,26)16-9-15(13(19)8-14(16)20)22-17(24)12-6-4-11(10-21)5-7-12/h4-9,23H,10,21H2,1-3H3,(H,22,24). The summed E-state index contributed by atoms with van der Waals surface area (Å²) >= 11 is 0. The van der Waals surface area contributed by atoms with E-state index in [1.165, 1.54) is 12.1 Å². The average molecular weight is 397 g/mol. The smallest absolute Gasteiger partial charge is 0.255 e. The van der Waals surface area contributed by atoms with E-state index in [2.05, 4.69) is 10.0 Å². The van der Waals surface area contributed by atoms with Gasteiger partial charge in [0.1, 0.15) is 16.5 Å². The van der Waals surface area contributed by atoms with E-state index in [0.29, 0.717) is 12.6 Å². The molecule has 0 bridgehead atoms. The first-order chi connectivity index (χ1) is 12.4. The molecule has 0 aliphatic carbocycles. The number of halogens is 2. The molecule has 0 saturated carbocycles. The molecule has 6 nitrogen and oxygen atoms in total. The lowest BCUT2D eigenvalue weighted by Gasteiger charge is -2.21. The molecule has 146 valence electrons. The Balaban J connectivity index is 2.36. The van der Waals surface area contributed by atoms with Crippen LogP contribution in [0.5, 0.6) is 0 Å². The van der Waals surface area contributed by atoms with Crippen molar-refractivity contribution >= 4 is 21.6 Å². The van der Waals surface area contributed by atoms with Gasteiger partial charge in [0.15, 0.2) is 0 Å². The van der Waals surface area contributed by atoms with Crippen molar-refractivity contribution in [2.75, 3.05) is 5.32 Å². The van der Waals surface area contributed by atoms with E-state index in [-0.39, 0.29) is 5.56 Å². The van der Waals surface area contributed by atoms with Crippen LogP contribution in [0, 0.1) is 11.6 Å². The molecule has 0 fully saturated rings. The van der Waals surface area contributed by atoms with Gasteiger partial charge >= 0.3 is 0 Å².